The Morgan fingerprint density at radius 2 is 1.62 bits per heavy atom. The lowest BCUT2D eigenvalue weighted by Gasteiger charge is -2.34. The van der Waals surface area contributed by atoms with Crippen LogP contribution in [0.25, 0.3) is 5.69 Å². The summed E-state index contributed by atoms with van der Waals surface area (Å²) in [6, 6.07) is 14.0. The first kappa shape index (κ1) is 22.8. The number of hydrogen-bond acceptors (Lipinski definition) is 4. The van der Waals surface area contributed by atoms with Crippen LogP contribution in [-0.4, -0.2) is 59.5 Å². The average molecular weight is 493 g/mol. The van der Waals surface area contributed by atoms with Crippen molar-refractivity contribution in [3.8, 4) is 5.69 Å². The van der Waals surface area contributed by atoms with Crippen molar-refractivity contribution in [3.05, 3.63) is 75.5 Å². The Bertz CT molecular complexity index is 1270. The number of hydrogen-bond donors (Lipinski definition) is 0. The maximum absolute atomic E-state index is 13.3. The molecule has 4 rings (SSSR count). The van der Waals surface area contributed by atoms with E-state index in [1.165, 1.54) is 16.4 Å². The quantitative estimate of drug-likeness (QED) is 0.552. The third kappa shape index (κ3) is 4.15. The van der Waals surface area contributed by atoms with Gasteiger partial charge in [-0.25, -0.2) is 13.1 Å². The van der Waals surface area contributed by atoms with Crippen LogP contribution in [0.5, 0.6) is 0 Å². The van der Waals surface area contributed by atoms with E-state index in [4.69, 9.17) is 23.2 Å². The van der Waals surface area contributed by atoms with E-state index in [1.54, 1.807) is 15.6 Å². The molecule has 0 atom stereocenters. The van der Waals surface area contributed by atoms with Crippen LogP contribution in [0.15, 0.2) is 53.4 Å². The number of sulfonamides is 1. The van der Waals surface area contributed by atoms with Crippen molar-refractivity contribution in [2.75, 3.05) is 26.2 Å². The number of benzene rings is 2. The highest BCUT2D eigenvalue weighted by Crippen LogP contribution is 2.29. The molecule has 1 aliphatic rings. The van der Waals surface area contributed by atoms with Crippen molar-refractivity contribution in [3.63, 3.8) is 0 Å². The average Bonchev–Trinajstić information content (AvgIpc) is 3.09. The molecule has 0 bridgehead atoms. The van der Waals surface area contributed by atoms with Crippen molar-refractivity contribution >= 4 is 39.1 Å². The SMILES string of the molecule is Cc1nn(-c2ccccc2)c(C)c1C(=O)N1CCN(S(=O)(=O)c2cc(Cl)ccc2Cl)CC1. The maximum atomic E-state index is 13.3. The van der Waals surface area contributed by atoms with Gasteiger partial charge in [-0.2, -0.15) is 9.40 Å². The summed E-state index contributed by atoms with van der Waals surface area (Å²) < 4.78 is 29.2. The molecule has 1 amide bonds. The predicted molar refractivity (Wildman–Crippen MR) is 124 cm³/mol. The zero-order chi connectivity index (χ0) is 23.0. The molecule has 32 heavy (non-hydrogen) atoms. The molecule has 1 aliphatic heterocycles. The highest BCUT2D eigenvalue weighted by Gasteiger charge is 2.33. The van der Waals surface area contributed by atoms with Crippen LogP contribution in [0.1, 0.15) is 21.7 Å². The van der Waals surface area contributed by atoms with Gasteiger partial charge in [-0.05, 0) is 44.2 Å². The van der Waals surface area contributed by atoms with Crippen LogP contribution in [0.2, 0.25) is 10.0 Å². The highest BCUT2D eigenvalue weighted by atomic mass is 35.5. The highest BCUT2D eigenvalue weighted by molar-refractivity contribution is 7.89. The summed E-state index contributed by atoms with van der Waals surface area (Å²) in [4.78, 5) is 14.9. The molecule has 2 aromatic carbocycles. The van der Waals surface area contributed by atoms with Gasteiger partial charge in [-0.3, -0.25) is 4.79 Å². The van der Waals surface area contributed by atoms with E-state index in [1.807, 2.05) is 44.2 Å². The van der Waals surface area contributed by atoms with E-state index < -0.39 is 10.0 Å². The van der Waals surface area contributed by atoms with Crippen LogP contribution < -0.4 is 0 Å². The molecule has 0 aliphatic carbocycles. The minimum absolute atomic E-state index is 0.0257. The third-order valence-electron chi connectivity index (χ3n) is 5.54. The van der Waals surface area contributed by atoms with E-state index in [-0.39, 0.29) is 42.0 Å². The van der Waals surface area contributed by atoms with Crippen molar-refractivity contribution < 1.29 is 13.2 Å². The van der Waals surface area contributed by atoms with Crippen LogP contribution in [0, 0.1) is 13.8 Å². The molecule has 1 fully saturated rings. The molecule has 3 aromatic rings. The predicted octanol–water partition coefficient (Wildman–Crippen LogP) is 3.94. The Morgan fingerprint density at radius 1 is 0.969 bits per heavy atom. The molecule has 2 heterocycles. The van der Waals surface area contributed by atoms with Crippen LogP contribution >= 0.6 is 23.2 Å². The lowest BCUT2D eigenvalue weighted by molar-refractivity contribution is 0.0696. The first-order valence-corrected chi connectivity index (χ1v) is 12.3. The monoisotopic (exact) mass is 492 g/mol. The summed E-state index contributed by atoms with van der Waals surface area (Å²) in [6.07, 6.45) is 0. The summed E-state index contributed by atoms with van der Waals surface area (Å²) in [5.74, 6) is -0.153. The number of carbonyl (C=O) groups excluding carboxylic acids is 1. The van der Waals surface area contributed by atoms with E-state index in [0.717, 1.165) is 11.4 Å². The Balaban J connectivity index is 1.52. The Labute approximate surface area is 197 Å². The van der Waals surface area contributed by atoms with Crippen LogP contribution in [0.4, 0.5) is 0 Å². The first-order valence-electron chi connectivity index (χ1n) is 10.1. The van der Waals surface area contributed by atoms with Gasteiger partial charge in [0.05, 0.1) is 27.7 Å². The topological polar surface area (TPSA) is 75.5 Å². The molecule has 0 unspecified atom stereocenters. The van der Waals surface area contributed by atoms with Crippen LogP contribution in [-0.2, 0) is 10.0 Å². The minimum atomic E-state index is -3.81. The number of aryl methyl sites for hydroxylation is 1. The van der Waals surface area contributed by atoms with Gasteiger partial charge in [-0.15, -0.1) is 0 Å². The normalized spacial score (nSPS) is 15.2. The number of aromatic nitrogens is 2. The van der Waals surface area contributed by atoms with E-state index in [0.29, 0.717) is 16.3 Å². The zero-order valence-corrected chi connectivity index (χ0v) is 20.0. The number of carbonyl (C=O) groups is 1. The second kappa shape index (κ2) is 8.86. The molecule has 7 nitrogen and oxygen atoms in total. The molecular formula is C22H22Cl2N4O3S. The van der Waals surface area contributed by atoms with Crippen molar-refractivity contribution in [2.45, 2.75) is 18.7 Å². The van der Waals surface area contributed by atoms with Gasteiger partial charge in [-0.1, -0.05) is 41.4 Å². The summed E-state index contributed by atoms with van der Waals surface area (Å²) in [7, 11) is -3.81. The standard InChI is InChI=1S/C22H22Cl2N4O3S/c1-15-21(16(2)28(25-15)18-6-4-3-5-7-18)22(29)26-10-12-27(13-11-26)32(30,31)20-14-17(23)8-9-19(20)24/h3-9,14H,10-13H2,1-2H3. The first-order chi connectivity index (χ1) is 15.2. The fourth-order valence-electron chi connectivity index (χ4n) is 3.88. The van der Waals surface area contributed by atoms with Gasteiger partial charge < -0.3 is 4.90 Å². The molecule has 0 spiro atoms. The fraction of sp³-hybridized carbons (Fsp3) is 0.273. The summed E-state index contributed by atoms with van der Waals surface area (Å²) in [6.45, 7) is 4.55. The van der Waals surface area contributed by atoms with Crippen molar-refractivity contribution in [1.82, 2.24) is 19.0 Å². The summed E-state index contributed by atoms with van der Waals surface area (Å²) in [5, 5.41) is 4.96. The molecule has 1 saturated heterocycles. The van der Waals surface area contributed by atoms with Crippen LogP contribution in [0.3, 0.4) is 0 Å². The van der Waals surface area contributed by atoms with E-state index in [9.17, 15) is 13.2 Å². The number of piperazine rings is 1. The van der Waals surface area contributed by atoms with Crippen molar-refractivity contribution in [2.24, 2.45) is 0 Å². The minimum Gasteiger partial charge on any atom is -0.336 e. The summed E-state index contributed by atoms with van der Waals surface area (Å²) >= 11 is 12.1. The Morgan fingerprint density at radius 3 is 2.28 bits per heavy atom. The molecule has 0 radical (unpaired) electrons. The lowest BCUT2D eigenvalue weighted by Crippen LogP contribution is -2.50. The maximum Gasteiger partial charge on any atom is 0.257 e. The molecular weight excluding hydrogens is 471 g/mol. The number of nitrogens with zero attached hydrogens (tertiary/aromatic N) is 4. The molecule has 0 N–H and O–H groups in total. The molecule has 10 heteroatoms. The fourth-order valence-corrected chi connectivity index (χ4v) is 6.04. The van der Waals surface area contributed by atoms with Gasteiger partial charge >= 0.3 is 0 Å². The van der Waals surface area contributed by atoms with Gasteiger partial charge in [0.2, 0.25) is 10.0 Å². The Hall–Kier alpha value is -2.39. The Kier molecular flexibility index (Phi) is 6.31. The van der Waals surface area contributed by atoms with E-state index in [2.05, 4.69) is 5.10 Å². The zero-order valence-electron chi connectivity index (χ0n) is 17.6. The second-order valence-electron chi connectivity index (χ2n) is 7.56. The van der Waals surface area contributed by atoms with Crippen molar-refractivity contribution in [1.29, 1.82) is 0 Å². The van der Waals surface area contributed by atoms with Gasteiger partial charge in [0.1, 0.15) is 4.90 Å². The van der Waals surface area contributed by atoms with Gasteiger partial charge in [0.25, 0.3) is 5.91 Å². The second-order valence-corrected chi connectivity index (χ2v) is 10.3. The molecule has 1 aromatic heterocycles. The third-order valence-corrected chi connectivity index (χ3v) is 8.16. The number of halogens is 2. The number of amides is 1. The number of rotatable bonds is 4. The van der Waals surface area contributed by atoms with E-state index >= 15 is 0 Å². The molecule has 168 valence electrons. The lowest BCUT2D eigenvalue weighted by atomic mass is 10.1. The van der Waals surface area contributed by atoms with Gasteiger partial charge in [0, 0.05) is 31.2 Å². The largest absolute Gasteiger partial charge is 0.336 e. The summed E-state index contributed by atoms with van der Waals surface area (Å²) in [5.41, 5.74) is 2.81. The molecule has 0 saturated carbocycles. The number of para-hydroxylation sites is 1. The van der Waals surface area contributed by atoms with Gasteiger partial charge in [0.15, 0.2) is 0 Å². The smallest absolute Gasteiger partial charge is 0.257 e.